The molecule has 4 aromatic rings. The number of methoxy groups -OCH3 is 2. The van der Waals surface area contributed by atoms with E-state index in [2.05, 4.69) is 0 Å². The first-order chi connectivity index (χ1) is 20.8. The maximum absolute atomic E-state index is 14.3. The van der Waals surface area contributed by atoms with Gasteiger partial charge in [0.2, 0.25) is 0 Å². The van der Waals surface area contributed by atoms with Gasteiger partial charge >= 0.3 is 0 Å². The Bertz CT molecular complexity index is 1920. The Kier molecular flexibility index (Phi) is 8.94. The van der Waals surface area contributed by atoms with E-state index in [0.717, 1.165) is 16.3 Å². The highest BCUT2D eigenvalue weighted by atomic mass is 35.5. The van der Waals surface area contributed by atoms with Crippen molar-refractivity contribution in [3.05, 3.63) is 95.6 Å². The van der Waals surface area contributed by atoms with Crippen molar-refractivity contribution in [2.45, 2.75) is 33.7 Å². The molecular formula is C33H34ClN3O5S. The van der Waals surface area contributed by atoms with Gasteiger partial charge in [-0.05, 0) is 68.3 Å². The SMILES string of the molecule is CCOc1cc(/C=c2/sc3n(c2=O)[C@H](c2c(OC)ccc4ccccc24)C(C(=O)N(CC)CC)=C(C)N=3)cc(Cl)c1OC. The van der Waals surface area contributed by atoms with E-state index in [9.17, 15) is 9.59 Å². The van der Waals surface area contributed by atoms with E-state index in [-0.39, 0.29) is 11.5 Å². The van der Waals surface area contributed by atoms with Crippen molar-refractivity contribution in [2.75, 3.05) is 33.9 Å². The third-order valence-electron chi connectivity index (χ3n) is 7.56. The highest BCUT2D eigenvalue weighted by Crippen LogP contribution is 2.41. The van der Waals surface area contributed by atoms with Gasteiger partial charge < -0.3 is 19.1 Å². The number of allylic oxidation sites excluding steroid dienone is 1. The van der Waals surface area contributed by atoms with Crippen LogP contribution in [0.5, 0.6) is 17.2 Å². The number of carbonyl (C=O) groups is 1. The Morgan fingerprint density at radius 3 is 2.49 bits per heavy atom. The summed E-state index contributed by atoms with van der Waals surface area (Å²) < 4.78 is 19.1. The van der Waals surface area contributed by atoms with E-state index >= 15 is 0 Å². The Balaban J connectivity index is 1.82. The van der Waals surface area contributed by atoms with Gasteiger partial charge in [-0.25, -0.2) is 4.99 Å². The lowest BCUT2D eigenvalue weighted by Gasteiger charge is -2.30. The number of hydrogen-bond donors (Lipinski definition) is 0. The Labute approximate surface area is 259 Å². The molecule has 1 aliphatic rings. The zero-order valence-corrected chi connectivity index (χ0v) is 26.6. The maximum Gasteiger partial charge on any atom is 0.271 e. The third-order valence-corrected chi connectivity index (χ3v) is 8.82. The summed E-state index contributed by atoms with van der Waals surface area (Å²) in [5, 5.41) is 2.24. The van der Waals surface area contributed by atoms with E-state index in [1.54, 1.807) is 34.8 Å². The fourth-order valence-corrected chi connectivity index (χ4v) is 6.91. The molecule has 0 fully saturated rings. The molecule has 0 radical (unpaired) electrons. The molecule has 0 N–H and O–H groups in total. The predicted octanol–water partition coefficient (Wildman–Crippen LogP) is 5.33. The van der Waals surface area contributed by atoms with Crippen LogP contribution in [0.25, 0.3) is 16.8 Å². The third kappa shape index (κ3) is 5.43. The van der Waals surface area contributed by atoms with Crippen molar-refractivity contribution in [3.63, 3.8) is 0 Å². The van der Waals surface area contributed by atoms with Gasteiger partial charge in [0.15, 0.2) is 16.3 Å². The molecule has 1 atom stereocenters. The van der Waals surface area contributed by atoms with E-state index in [1.165, 1.54) is 18.4 Å². The van der Waals surface area contributed by atoms with Gasteiger partial charge in [0.05, 0.1) is 41.7 Å². The number of ether oxygens (including phenoxy) is 3. The van der Waals surface area contributed by atoms with E-state index in [4.69, 9.17) is 30.8 Å². The van der Waals surface area contributed by atoms with Gasteiger partial charge in [-0.3, -0.25) is 14.2 Å². The van der Waals surface area contributed by atoms with Gasteiger partial charge in [0.1, 0.15) is 11.8 Å². The summed E-state index contributed by atoms with van der Waals surface area (Å²) in [4.78, 5) is 35.5. The van der Waals surface area contributed by atoms with E-state index in [1.807, 2.05) is 64.1 Å². The second-order valence-electron chi connectivity index (χ2n) is 9.93. The minimum atomic E-state index is -0.758. The van der Waals surface area contributed by atoms with E-state index < -0.39 is 6.04 Å². The molecule has 0 unspecified atom stereocenters. The number of amides is 1. The predicted molar refractivity (Wildman–Crippen MR) is 171 cm³/mol. The van der Waals surface area contributed by atoms with Crippen LogP contribution < -0.4 is 29.1 Å². The molecule has 0 bridgehead atoms. The summed E-state index contributed by atoms with van der Waals surface area (Å²) in [5.41, 5.74) is 2.16. The summed E-state index contributed by atoms with van der Waals surface area (Å²) in [6, 6.07) is 14.5. The number of thiazole rings is 1. The minimum Gasteiger partial charge on any atom is -0.496 e. The zero-order valence-electron chi connectivity index (χ0n) is 25.1. The first-order valence-corrected chi connectivity index (χ1v) is 15.3. The Hall–Kier alpha value is -4.08. The lowest BCUT2D eigenvalue weighted by molar-refractivity contribution is -0.127. The van der Waals surface area contributed by atoms with Gasteiger partial charge in [-0.15, -0.1) is 0 Å². The van der Waals surface area contributed by atoms with Crippen LogP contribution in [0.2, 0.25) is 5.02 Å². The number of halogens is 1. The van der Waals surface area contributed by atoms with Crippen molar-refractivity contribution in [2.24, 2.45) is 4.99 Å². The molecule has 224 valence electrons. The fraction of sp³-hybridized carbons (Fsp3) is 0.303. The van der Waals surface area contributed by atoms with Crippen LogP contribution in [0.15, 0.2) is 69.6 Å². The van der Waals surface area contributed by atoms with Crippen LogP contribution in [0.3, 0.4) is 0 Å². The largest absolute Gasteiger partial charge is 0.496 e. The topological polar surface area (TPSA) is 82.4 Å². The number of aromatic nitrogens is 1. The first kappa shape index (κ1) is 30.4. The van der Waals surface area contributed by atoms with Crippen LogP contribution in [0.1, 0.15) is 44.9 Å². The van der Waals surface area contributed by atoms with Crippen LogP contribution in [-0.2, 0) is 4.79 Å². The molecule has 1 aromatic heterocycles. The second-order valence-corrected chi connectivity index (χ2v) is 11.3. The lowest BCUT2D eigenvalue weighted by atomic mass is 9.90. The highest BCUT2D eigenvalue weighted by molar-refractivity contribution is 7.07. The molecular weight excluding hydrogens is 586 g/mol. The average Bonchev–Trinajstić information content (AvgIpc) is 3.30. The number of hydrogen-bond acceptors (Lipinski definition) is 7. The maximum atomic E-state index is 14.3. The molecule has 3 aromatic carbocycles. The number of carbonyl (C=O) groups excluding carboxylic acids is 1. The average molecular weight is 620 g/mol. The molecule has 2 heterocycles. The van der Waals surface area contributed by atoms with Crippen LogP contribution >= 0.6 is 22.9 Å². The smallest absolute Gasteiger partial charge is 0.271 e. The van der Waals surface area contributed by atoms with Crippen LogP contribution in [0.4, 0.5) is 0 Å². The summed E-state index contributed by atoms with van der Waals surface area (Å²) in [6.45, 7) is 9.06. The summed E-state index contributed by atoms with van der Waals surface area (Å²) in [7, 11) is 3.13. The molecule has 0 saturated heterocycles. The van der Waals surface area contributed by atoms with Gasteiger partial charge in [-0.2, -0.15) is 0 Å². The Morgan fingerprint density at radius 1 is 1.07 bits per heavy atom. The molecule has 0 saturated carbocycles. The molecule has 0 aliphatic carbocycles. The molecule has 8 nitrogen and oxygen atoms in total. The normalized spacial score (nSPS) is 14.9. The fourth-order valence-electron chi connectivity index (χ4n) is 5.57. The van der Waals surface area contributed by atoms with Crippen molar-refractivity contribution in [1.82, 2.24) is 9.47 Å². The van der Waals surface area contributed by atoms with Crippen molar-refractivity contribution in [3.8, 4) is 17.2 Å². The van der Waals surface area contributed by atoms with Gasteiger partial charge in [0.25, 0.3) is 11.5 Å². The number of benzene rings is 3. The monoisotopic (exact) mass is 619 g/mol. The molecule has 1 aliphatic heterocycles. The van der Waals surface area contributed by atoms with Crippen molar-refractivity contribution < 1.29 is 19.0 Å². The van der Waals surface area contributed by atoms with Crippen molar-refractivity contribution >= 4 is 45.7 Å². The summed E-state index contributed by atoms with van der Waals surface area (Å²) in [6.07, 6.45) is 1.76. The Morgan fingerprint density at radius 2 is 1.81 bits per heavy atom. The van der Waals surface area contributed by atoms with E-state index in [0.29, 0.717) is 68.1 Å². The number of fused-ring (bicyclic) bond motifs is 2. The van der Waals surface area contributed by atoms with Crippen LogP contribution in [0, 0.1) is 0 Å². The molecule has 5 rings (SSSR count). The number of rotatable bonds is 9. The number of likely N-dealkylation sites (N-methyl/N-ethyl adjacent to an activating group) is 1. The zero-order chi connectivity index (χ0) is 30.8. The van der Waals surface area contributed by atoms with Crippen molar-refractivity contribution in [1.29, 1.82) is 0 Å². The standard InChI is InChI=1S/C33H34ClN3O5S/c1-7-36(8-2)32(39)27-19(4)35-33-37(29(27)28-22-13-11-10-12-21(22)14-15-24(28)40-5)31(38)26(43-33)18-20-16-23(34)30(41-6)25(17-20)42-9-3/h10-18,29H,7-9H2,1-6H3/b26-18+/t29-/m0/s1. The molecule has 10 heteroatoms. The molecule has 1 amide bonds. The van der Waals surface area contributed by atoms with Gasteiger partial charge in [0, 0.05) is 18.7 Å². The van der Waals surface area contributed by atoms with Gasteiger partial charge in [-0.1, -0.05) is 53.3 Å². The summed E-state index contributed by atoms with van der Waals surface area (Å²) in [5.74, 6) is 1.34. The molecule has 0 spiro atoms. The first-order valence-electron chi connectivity index (χ1n) is 14.2. The quantitative estimate of drug-likeness (QED) is 0.253. The summed E-state index contributed by atoms with van der Waals surface area (Å²) >= 11 is 7.77. The molecule has 43 heavy (non-hydrogen) atoms. The van der Waals surface area contributed by atoms with Crippen LogP contribution in [-0.4, -0.2) is 49.3 Å². The highest BCUT2D eigenvalue weighted by Gasteiger charge is 2.36. The number of nitrogens with zero attached hydrogens (tertiary/aromatic N) is 3. The second kappa shape index (κ2) is 12.7. The minimum absolute atomic E-state index is 0.163. The lowest BCUT2D eigenvalue weighted by Crippen LogP contribution is -2.43.